The summed E-state index contributed by atoms with van der Waals surface area (Å²) < 4.78 is 11.0. The Labute approximate surface area is 118 Å². The maximum absolute atomic E-state index is 10.8. The lowest BCUT2D eigenvalue weighted by atomic mass is 10.1. The molecule has 1 heterocycles. The summed E-state index contributed by atoms with van der Waals surface area (Å²) in [6.07, 6.45) is 0. The molecule has 0 amide bonds. The molecule has 1 aromatic heterocycles. The van der Waals surface area contributed by atoms with Crippen LogP contribution in [0.15, 0.2) is 22.6 Å². The van der Waals surface area contributed by atoms with E-state index in [1.165, 1.54) is 11.6 Å². The minimum Gasteiger partial charge on any atom is -0.488 e. The van der Waals surface area contributed by atoms with Gasteiger partial charge in [0.1, 0.15) is 18.1 Å². The van der Waals surface area contributed by atoms with Crippen LogP contribution in [0.5, 0.6) is 5.75 Å². The molecule has 0 bridgehead atoms. The van der Waals surface area contributed by atoms with E-state index in [1.807, 2.05) is 26.8 Å². The Hall–Kier alpha value is -2.23. The molecular weight excluding hydrogens is 256 g/mol. The molecule has 4 heteroatoms. The van der Waals surface area contributed by atoms with Gasteiger partial charge in [0.25, 0.3) is 0 Å². The van der Waals surface area contributed by atoms with Gasteiger partial charge in [-0.15, -0.1) is 0 Å². The summed E-state index contributed by atoms with van der Waals surface area (Å²) in [7, 11) is 0. The molecule has 0 radical (unpaired) electrons. The van der Waals surface area contributed by atoms with Crippen LogP contribution < -0.4 is 4.74 Å². The van der Waals surface area contributed by atoms with E-state index in [0.29, 0.717) is 12.4 Å². The van der Waals surface area contributed by atoms with Crippen molar-refractivity contribution in [1.29, 1.82) is 0 Å². The summed E-state index contributed by atoms with van der Waals surface area (Å²) in [5.41, 5.74) is 4.16. The molecule has 1 aromatic carbocycles. The maximum Gasteiger partial charge on any atom is 0.371 e. The van der Waals surface area contributed by atoms with Gasteiger partial charge in [-0.2, -0.15) is 0 Å². The van der Waals surface area contributed by atoms with Crippen molar-refractivity contribution < 1.29 is 19.1 Å². The average molecular weight is 274 g/mol. The number of rotatable bonds is 4. The lowest BCUT2D eigenvalue weighted by molar-refractivity contribution is 0.0661. The molecule has 2 aromatic rings. The van der Waals surface area contributed by atoms with E-state index in [4.69, 9.17) is 14.3 Å². The van der Waals surface area contributed by atoms with Crippen molar-refractivity contribution in [2.45, 2.75) is 34.3 Å². The molecule has 0 unspecified atom stereocenters. The highest BCUT2D eigenvalue weighted by molar-refractivity contribution is 5.84. The largest absolute Gasteiger partial charge is 0.488 e. The van der Waals surface area contributed by atoms with Crippen molar-refractivity contribution in [3.8, 4) is 5.75 Å². The first-order valence-corrected chi connectivity index (χ1v) is 6.41. The van der Waals surface area contributed by atoms with Crippen molar-refractivity contribution in [3.05, 3.63) is 52.0 Å². The first-order chi connectivity index (χ1) is 9.38. The van der Waals surface area contributed by atoms with E-state index in [2.05, 4.69) is 6.07 Å². The summed E-state index contributed by atoms with van der Waals surface area (Å²) in [6, 6.07) is 5.60. The van der Waals surface area contributed by atoms with Crippen LogP contribution in [-0.2, 0) is 6.61 Å². The summed E-state index contributed by atoms with van der Waals surface area (Å²) in [5.74, 6) is 0.268. The van der Waals surface area contributed by atoms with Crippen LogP contribution in [0.4, 0.5) is 0 Å². The third-order valence-electron chi connectivity index (χ3n) is 3.38. The second kappa shape index (κ2) is 5.41. The number of hydrogen-bond donors (Lipinski definition) is 1. The molecule has 2 rings (SSSR count). The van der Waals surface area contributed by atoms with Gasteiger partial charge in [-0.25, -0.2) is 4.79 Å². The first-order valence-electron chi connectivity index (χ1n) is 6.41. The zero-order valence-electron chi connectivity index (χ0n) is 12.1. The highest BCUT2D eigenvalue weighted by atomic mass is 16.5. The van der Waals surface area contributed by atoms with Crippen molar-refractivity contribution in [3.63, 3.8) is 0 Å². The van der Waals surface area contributed by atoms with Gasteiger partial charge in [0.15, 0.2) is 0 Å². The Morgan fingerprint density at radius 2 is 1.90 bits per heavy atom. The highest BCUT2D eigenvalue weighted by Crippen LogP contribution is 2.25. The Morgan fingerprint density at radius 1 is 1.20 bits per heavy atom. The molecule has 0 aliphatic carbocycles. The van der Waals surface area contributed by atoms with Crippen molar-refractivity contribution in [1.82, 2.24) is 0 Å². The summed E-state index contributed by atoms with van der Waals surface area (Å²) in [5, 5.41) is 8.89. The number of benzene rings is 1. The molecule has 106 valence electrons. The summed E-state index contributed by atoms with van der Waals surface area (Å²) in [6.45, 7) is 8.10. The van der Waals surface area contributed by atoms with Crippen LogP contribution in [0.2, 0.25) is 0 Å². The zero-order chi connectivity index (χ0) is 14.9. The maximum atomic E-state index is 10.8. The van der Waals surface area contributed by atoms with Crippen LogP contribution in [0, 0.1) is 27.7 Å². The molecule has 0 spiro atoms. The molecule has 0 atom stereocenters. The molecule has 0 saturated heterocycles. The van der Waals surface area contributed by atoms with Crippen LogP contribution in [0.3, 0.4) is 0 Å². The van der Waals surface area contributed by atoms with Crippen molar-refractivity contribution in [2.24, 2.45) is 0 Å². The molecule has 1 N–H and O–H groups in total. The average Bonchev–Trinajstić information content (AvgIpc) is 2.74. The summed E-state index contributed by atoms with van der Waals surface area (Å²) in [4.78, 5) is 10.8. The van der Waals surface area contributed by atoms with Gasteiger partial charge < -0.3 is 14.3 Å². The number of aromatic carboxylic acids is 1. The van der Waals surface area contributed by atoms with Gasteiger partial charge >= 0.3 is 5.97 Å². The van der Waals surface area contributed by atoms with E-state index in [-0.39, 0.29) is 5.76 Å². The smallest absolute Gasteiger partial charge is 0.371 e. The minimum absolute atomic E-state index is 0.0572. The van der Waals surface area contributed by atoms with Gasteiger partial charge in [0.2, 0.25) is 5.76 Å². The van der Waals surface area contributed by atoms with Crippen LogP contribution >= 0.6 is 0 Å². The van der Waals surface area contributed by atoms with E-state index < -0.39 is 5.97 Å². The van der Waals surface area contributed by atoms with Gasteiger partial charge in [0.05, 0.1) is 0 Å². The normalized spacial score (nSPS) is 10.6. The third kappa shape index (κ3) is 2.85. The second-order valence-electron chi connectivity index (χ2n) is 4.99. The first kappa shape index (κ1) is 14.2. The van der Waals surface area contributed by atoms with Crippen molar-refractivity contribution in [2.75, 3.05) is 0 Å². The standard InChI is InChI=1S/C16H18O4/c1-9-5-10(2)11(3)14(6-9)19-8-13-7-15(16(17)18)20-12(13)4/h5-7H,8H2,1-4H3,(H,17,18). The molecule has 0 aliphatic heterocycles. The number of carbonyl (C=O) groups is 1. The van der Waals surface area contributed by atoms with Gasteiger partial charge in [0, 0.05) is 5.56 Å². The molecule has 0 saturated carbocycles. The minimum atomic E-state index is -1.07. The molecule has 4 nitrogen and oxygen atoms in total. The topological polar surface area (TPSA) is 59.7 Å². The van der Waals surface area contributed by atoms with E-state index in [9.17, 15) is 4.79 Å². The predicted octanol–water partition coefficient (Wildman–Crippen LogP) is 3.79. The molecule has 20 heavy (non-hydrogen) atoms. The SMILES string of the molecule is Cc1cc(C)c(C)c(OCc2cc(C(=O)O)oc2C)c1. The fourth-order valence-corrected chi connectivity index (χ4v) is 2.07. The molecular formula is C16H18O4. The third-order valence-corrected chi connectivity index (χ3v) is 3.38. The lowest BCUT2D eigenvalue weighted by Gasteiger charge is -2.12. The van der Waals surface area contributed by atoms with Crippen LogP contribution in [0.25, 0.3) is 0 Å². The number of carboxylic acid groups (broad SMARTS) is 1. The van der Waals surface area contributed by atoms with Crippen LogP contribution in [-0.4, -0.2) is 11.1 Å². The van der Waals surface area contributed by atoms with E-state index in [1.54, 1.807) is 6.92 Å². The second-order valence-corrected chi connectivity index (χ2v) is 4.99. The van der Waals surface area contributed by atoms with E-state index in [0.717, 1.165) is 22.4 Å². The fraction of sp³-hybridized carbons (Fsp3) is 0.312. The lowest BCUT2D eigenvalue weighted by Crippen LogP contribution is -1.99. The molecule has 0 fully saturated rings. The van der Waals surface area contributed by atoms with Gasteiger partial charge in [-0.1, -0.05) is 6.07 Å². The predicted molar refractivity (Wildman–Crippen MR) is 75.4 cm³/mol. The Morgan fingerprint density at radius 3 is 2.50 bits per heavy atom. The summed E-state index contributed by atoms with van der Waals surface area (Å²) >= 11 is 0. The number of furan rings is 1. The number of aryl methyl sites for hydroxylation is 3. The van der Waals surface area contributed by atoms with Gasteiger partial charge in [-0.3, -0.25) is 0 Å². The van der Waals surface area contributed by atoms with Crippen LogP contribution in [0.1, 0.15) is 38.6 Å². The fourth-order valence-electron chi connectivity index (χ4n) is 2.07. The number of hydrogen-bond acceptors (Lipinski definition) is 3. The zero-order valence-corrected chi connectivity index (χ0v) is 12.1. The monoisotopic (exact) mass is 274 g/mol. The van der Waals surface area contributed by atoms with Gasteiger partial charge in [-0.05, 0) is 56.5 Å². The van der Waals surface area contributed by atoms with Crippen molar-refractivity contribution >= 4 is 5.97 Å². The molecule has 0 aliphatic rings. The Balaban J connectivity index is 2.19. The Bertz CT molecular complexity index is 653. The van der Waals surface area contributed by atoms with E-state index >= 15 is 0 Å². The highest BCUT2D eigenvalue weighted by Gasteiger charge is 2.14. The quantitative estimate of drug-likeness (QED) is 0.921. The number of ether oxygens (including phenoxy) is 1. The number of carboxylic acids is 1. The Kier molecular flexibility index (Phi) is 3.84.